The second kappa shape index (κ2) is 6.87. The molecule has 0 heterocycles. The summed E-state index contributed by atoms with van der Waals surface area (Å²) in [7, 11) is 1.50. The fraction of sp³-hybridized carbons (Fsp3) is 0.467. The molecule has 0 aliphatic rings. The molecule has 1 aromatic carbocycles. The molecule has 7 heteroatoms. The summed E-state index contributed by atoms with van der Waals surface area (Å²) in [5, 5.41) is 14.9. The number of carbonyl (C=O) groups excluding carboxylic acids is 1. The molecule has 22 heavy (non-hydrogen) atoms. The van der Waals surface area contributed by atoms with E-state index < -0.39 is 5.97 Å². The maximum absolute atomic E-state index is 11.7. The number of halogens is 1. The third kappa shape index (κ3) is 4.53. The maximum atomic E-state index is 11.7. The van der Waals surface area contributed by atoms with Crippen LogP contribution < -0.4 is 16.4 Å². The van der Waals surface area contributed by atoms with Gasteiger partial charge in [0.2, 0.25) is 0 Å². The largest absolute Gasteiger partial charge is 0.481 e. The minimum Gasteiger partial charge on any atom is -0.481 e. The maximum Gasteiger partial charge on any atom is 0.305 e. The van der Waals surface area contributed by atoms with Gasteiger partial charge in [-0.25, -0.2) is 0 Å². The molecule has 0 fully saturated rings. The first-order valence-corrected chi connectivity index (χ1v) is 7.23. The number of nitrogens with one attached hydrogen (secondary N) is 2. The van der Waals surface area contributed by atoms with Crippen molar-refractivity contribution < 1.29 is 14.7 Å². The second-order valence-electron chi connectivity index (χ2n) is 6.16. The van der Waals surface area contributed by atoms with Crippen LogP contribution in [0.2, 0.25) is 5.02 Å². The molecule has 1 amide bonds. The van der Waals surface area contributed by atoms with E-state index >= 15 is 0 Å². The van der Waals surface area contributed by atoms with Gasteiger partial charge in [0, 0.05) is 13.1 Å². The van der Waals surface area contributed by atoms with Crippen molar-refractivity contribution in [1.29, 1.82) is 0 Å². The highest BCUT2D eigenvalue weighted by molar-refractivity contribution is 6.34. The number of carboxylic acids is 1. The Bertz CT molecular complexity index is 582. The Balaban J connectivity index is 3.13. The molecular weight excluding hydrogens is 306 g/mol. The predicted octanol–water partition coefficient (Wildman–Crippen LogP) is 2.58. The van der Waals surface area contributed by atoms with E-state index in [-0.39, 0.29) is 34.4 Å². The van der Waals surface area contributed by atoms with Gasteiger partial charge in [0.1, 0.15) is 0 Å². The summed E-state index contributed by atoms with van der Waals surface area (Å²) in [6.45, 7) is 5.80. The zero-order valence-electron chi connectivity index (χ0n) is 13.2. The average molecular weight is 328 g/mol. The summed E-state index contributed by atoms with van der Waals surface area (Å²) in [5.41, 5.74) is 6.79. The number of amides is 1. The summed E-state index contributed by atoms with van der Waals surface area (Å²) >= 11 is 6.11. The quantitative estimate of drug-likeness (QED) is 0.622. The molecule has 1 aromatic rings. The normalized spacial score (nSPS) is 12.6. The van der Waals surface area contributed by atoms with E-state index in [2.05, 4.69) is 10.6 Å². The Morgan fingerprint density at radius 3 is 2.41 bits per heavy atom. The van der Waals surface area contributed by atoms with E-state index in [9.17, 15) is 9.59 Å². The number of rotatable bonds is 5. The number of carbonyl (C=O) groups is 2. The van der Waals surface area contributed by atoms with Crippen LogP contribution in [0.1, 0.15) is 37.6 Å². The summed E-state index contributed by atoms with van der Waals surface area (Å²) in [6.07, 6.45) is -0.0578. The molecule has 0 aliphatic carbocycles. The van der Waals surface area contributed by atoms with E-state index in [0.29, 0.717) is 11.4 Å². The van der Waals surface area contributed by atoms with Gasteiger partial charge in [-0.15, -0.1) is 0 Å². The molecule has 0 bridgehead atoms. The molecule has 0 unspecified atom stereocenters. The topological polar surface area (TPSA) is 104 Å². The Morgan fingerprint density at radius 1 is 1.36 bits per heavy atom. The number of benzene rings is 1. The third-order valence-electron chi connectivity index (χ3n) is 3.36. The molecule has 0 spiro atoms. The Morgan fingerprint density at radius 2 is 1.95 bits per heavy atom. The standard InChI is InChI=1S/C15H22ClN3O3/c1-15(2,3)12(7-13(20)21)19-11-6-9(16)8(5-10(11)17)14(22)18-4/h5-6,12,19H,7,17H2,1-4H3,(H,18,22)(H,20,21)/t12-/m0/s1. The van der Waals surface area contributed by atoms with Gasteiger partial charge < -0.3 is 21.5 Å². The molecule has 6 nitrogen and oxygen atoms in total. The van der Waals surface area contributed by atoms with Crippen LogP contribution in [-0.4, -0.2) is 30.1 Å². The molecule has 0 saturated carbocycles. The minimum atomic E-state index is -0.904. The molecule has 5 N–H and O–H groups in total. The Hall–Kier alpha value is -1.95. The third-order valence-corrected chi connectivity index (χ3v) is 3.68. The summed E-state index contributed by atoms with van der Waals surface area (Å²) in [6, 6.07) is 2.68. The lowest BCUT2D eigenvalue weighted by Crippen LogP contribution is -2.36. The van der Waals surface area contributed by atoms with Crippen molar-refractivity contribution in [1.82, 2.24) is 5.32 Å². The average Bonchev–Trinajstić information content (AvgIpc) is 2.39. The molecular formula is C15H22ClN3O3. The first kappa shape index (κ1) is 18.1. The van der Waals surface area contributed by atoms with Gasteiger partial charge >= 0.3 is 5.97 Å². The zero-order chi connectivity index (χ0) is 17.1. The second-order valence-corrected chi connectivity index (χ2v) is 6.57. The SMILES string of the molecule is CNC(=O)c1cc(N)c(N[C@@H](CC(=O)O)C(C)(C)C)cc1Cl. The monoisotopic (exact) mass is 327 g/mol. The van der Waals surface area contributed by atoms with Gasteiger partial charge in [-0.1, -0.05) is 32.4 Å². The van der Waals surface area contributed by atoms with Crippen molar-refractivity contribution in [3.05, 3.63) is 22.7 Å². The van der Waals surface area contributed by atoms with Gasteiger partial charge in [0.25, 0.3) is 5.91 Å². The highest BCUT2D eigenvalue weighted by Gasteiger charge is 2.27. The molecule has 0 radical (unpaired) electrons. The Labute approximate surface area is 135 Å². The van der Waals surface area contributed by atoms with Crippen molar-refractivity contribution in [3.63, 3.8) is 0 Å². The number of aliphatic carboxylic acids is 1. The van der Waals surface area contributed by atoms with Crippen molar-refractivity contribution in [2.75, 3.05) is 18.1 Å². The highest BCUT2D eigenvalue weighted by Crippen LogP contribution is 2.32. The van der Waals surface area contributed by atoms with E-state index in [1.54, 1.807) is 6.07 Å². The summed E-state index contributed by atoms with van der Waals surface area (Å²) in [5.74, 6) is -1.24. The lowest BCUT2D eigenvalue weighted by atomic mass is 9.84. The van der Waals surface area contributed by atoms with Crippen molar-refractivity contribution in [2.45, 2.75) is 33.2 Å². The van der Waals surface area contributed by atoms with Gasteiger partial charge in [0.15, 0.2) is 0 Å². The highest BCUT2D eigenvalue weighted by atomic mass is 35.5. The number of carboxylic acid groups (broad SMARTS) is 1. The lowest BCUT2D eigenvalue weighted by molar-refractivity contribution is -0.137. The zero-order valence-corrected chi connectivity index (χ0v) is 13.9. The van der Waals surface area contributed by atoms with Crippen LogP contribution in [0.5, 0.6) is 0 Å². The van der Waals surface area contributed by atoms with Crippen molar-refractivity contribution in [3.8, 4) is 0 Å². The van der Waals surface area contributed by atoms with Crippen LogP contribution >= 0.6 is 11.6 Å². The first-order chi connectivity index (χ1) is 10.1. The van der Waals surface area contributed by atoms with E-state index in [1.807, 2.05) is 20.8 Å². The van der Waals surface area contributed by atoms with Crippen LogP contribution in [0.4, 0.5) is 11.4 Å². The fourth-order valence-corrected chi connectivity index (χ4v) is 2.21. The summed E-state index contributed by atoms with van der Waals surface area (Å²) in [4.78, 5) is 22.7. The molecule has 0 saturated heterocycles. The fourth-order valence-electron chi connectivity index (χ4n) is 1.96. The molecule has 0 aromatic heterocycles. The first-order valence-electron chi connectivity index (χ1n) is 6.85. The number of hydrogen-bond acceptors (Lipinski definition) is 4. The van der Waals surface area contributed by atoms with E-state index in [0.717, 1.165) is 0 Å². The van der Waals surface area contributed by atoms with Gasteiger partial charge in [0.05, 0.1) is 28.4 Å². The lowest BCUT2D eigenvalue weighted by Gasteiger charge is -2.31. The molecule has 0 aliphatic heterocycles. The number of hydrogen-bond donors (Lipinski definition) is 4. The van der Waals surface area contributed by atoms with E-state index in [4.69, 9.17) is 22.4 Å². The van der Waals surface area contributed by atoms with Crippen LogP contribution in [-0.2, 0) is 4.79 Å². The number of nitrogen functional groups attached to an aromatic ring is 1. The summed E-state index contributed by atoms with van der Waals surface area (Å²) < 4.78 is 0. The van der Waals surface area contributed by atoms with Gasteiger partial charge in [-0.3, -0.25) is 9.59 Å². The van der Waals surface area contributed by atoms with E-state index in [1.165, 1.54) is 13.1 Å². The molecule has 1 rings (SSSR count). The van der Waals surface area contributed by atoms with Gasteiger partial charge in [-0.2, -0.15) is 0 Å². The molecule has 1 atom stereocenters. The van der Waals surface area contributed by atoms with Crippen LogP contribution in [0.25, 0.3) is 0 Å². The number of nitrogens with two attached hydrogens (primary N) is 1. The van der Waals surface area contributed by atoms with Crippen LogP contribution in [0.3, 0.4) is 0 Å². The van der Waals surface area contributed by atoms with Crippen molar-refractivity contribution in [2.24, 2.45) is 5.41 Å². The van der Waals surface area contributed by atoms with Crippen molar-refractivity contribution >= 4 is 34.9 Å². The minimum absolute atomic E-state index is 0.0578. The van der Waals surface area contributed by atoms with Crippen LogP contribution in [0.15, 0.2) is 12.1 Å². The predicted molar refractivity (Wildman–Crippen MR) is 88.4 cm³/mol. The smallest absolute Gasteiger partial charge is 0.305 e. The van der Waals surface area contributed by atoms with Gasteiger partial charge in [-0.05, 0) is 17.5 Å². The number of anilines is 2. The Kier molecular flexibility index (Phi) is 5.65. The molecule has 122 valence electrons. The van der Waals surface area contributed by atoms with Crippen LogP contribution in [0, 0.1) is 5.41 Å².